The Morgan fingerprint density at radius 3 is 2.07 bits per heavy atom. The Labute approximate surface area is 107 Å². The molecule has 0 bridgehead atoms. The molecule has 0 aliphatic rings. The van der Waals surface area contributed by atoms with Crippen molar-refractivity contribution in [2.45, 2.75) is 26.4 Å². The standard InChI is InChI=1S/C11H14O2.Na.H/c1-11(2,3)13-10(12)9-7-5-4-6-8-9;;/h4-8H,1-3H3;;. The molecule has 0 amide bonds. The Bertz CT molecular complexity index is 288. The van der Waals surface area contributed by atoms with Crippen molar-refractivity contribution < 1.29 is 9.53 Å². The number of rotatable bonds is 1. The van der Waals surface area contributed by atoms with E-state index in [4.69, 9.17) is 4.74 Å². The summed E-state index contributed by atoms with van der Waals surface area (Å²) in [5, 5.41) is 0. The summed E-state index contributed by atoms with van der Waals surface area (Å²) in [7, 11) is 0. The zero-order valence-corrected chi connectivity index (χ0v) is 8.20. The van der Waals surface area contributed by atoms with Crippen LogP contribution in [0.4, 0.5) is 0 Å². The predicted molar refractivity (Wildman–Crippen MR) is 58.8 cm³/mol. The van der Waals surface area contributed by atoms with E-state index < -0.39 is 5.60 Å². The molecule has 72 valence electrons. The topological polar surface area (TPSA) is 26.3 Å². The summed E-state index contributed by atoms with van der Waals surface area (Å²) in [6.07, 6.45) is 0. The second kappa shape index (κ2) is 5.54. The molecule has 0 saturated heterocycles. The van der Waals surface area contributed by atoms with Crippen molar-refractivity contribution in [3.63, 3.8) is 0 Å². The van der Waals surface area contributed by atoms with Gasteiger partial charge in [-0.3, -0.25) is 0 Å². The molecule has 0 N–H and O–H groups in total. The Balaban J connectivity index is 0.00000169. The Hall–Kier alpha value is -0.310. The van der Waals surface area contributed by atoms with Gasteiger partial charge in [0, 0.05) is 0 Å². The Kier molecular flexibility index (Phi) is 5.42. The first kappa shape index (κ1) is 13.7. The van der Waals surface area contributed by atoms with Crippen molar-refractivity contribution in [2.24, 2.45) is 0 Å². The average Bonchev–Trinajstić information content (AvgIpc) is 2.03. The molecular formula is C11H15NaO2. The molecule has 14 heavy (non-hydrogen) atoms. The molecule has 3 heteroatoms. The van der Waals surface area contributed by atoms with E-state index in [1.165, 1.54) is 0 Å². The van der Waals surface area contributed by atoms with Crippen LogP contribution in [0.3, 0.4) is 0 Å². The number of carbonyl (C=O) groups is 1. The van der Waals surface area contributed by atoms with E-state index in [2.05, 4.69) is 0 Å². The first-order valence-electron chi connectivity index (χ1n) is 4.27. The fourth-order valence-corrected chi connectivity index (χ4v) is 0.911. The van der Waals surface area contributed by atoms with Gasteiger partial charge in [0.25, 0.3) is 0 Å². The van der Waals surface area contributed by atoms with Crippen LogP contribution in [0.1, 0.15) is 31.1 Å². The average molecular weight is 202 g/mol. The second-order valence-corrected chi connectivity index (χ2v) is 3.87. The van der Waals surface area contributed by atoms with Crippen LogP contribution in [-0.2, 0) is 4.74 Å². The second-order valence-electron chi connectivity index (χ2n) is 3.87. The molecule has 2 nitrogen and oxygen atoms in total. The van der Waals surface area contributed by atoms with Gasteiger partial charge in [-0.25, -0.2) is 4.79 Å². The maximum atomic E-state index is 11.4. The summed E-state index contributed by atoms with van der Waals surface area (Å²) in [6, 6.07) is 8.99. The summed E-state index contributed by atoms with van der Waals surface area (Å²) in [4.78, 5) is 11.4. The van der Waals surface area contributed by atoms with Gasteiger partial charge >= 0.3 is 35.5 Å². The Morgan fingerprint density at radius 2 is 1.64 bits per heavy atom. The summed E-state index contributed by atoms with van der Waals surface area (Å²) >= 11 is 0. The van der Waals surface area contributed by atoms with Crippen LogP contribution in [0, 0.1) is 0 Å². The zero-order valence-electron chi connectivity index (χ0n) is 8.20. The van der Waals surface area contributed by atoms with Gasteiger partial charge in [-0.15, -0.1) is 0 Å². The minimum atomic E-state index is -0.424. The summed E-state index contributed by atoms with van der Waals surface area (Å²) < 4.78 is 5.18. The van der Waals surface area contributed by atoms with Crippen LogP contribution >= 0.6 is 0 Å². The van der Waals surface area contributed by atoms with Crippen molar-refractivity contribution in [1.29, 1.82) is 0 Å². The quantitative estimate of drug-likeness (QED) is 0.514. The van der Waals surface area contributed by atoms with E-state index in [1.54, 1.807) is 12.1 Å². The van der Waals surface area contributed by atoms with E-state index >= 15 is 0 Å². The number of carbonyl (C=O) groups excluding carboxylic acids is 1. The molecular weight excluding hydrogens is 187 g/mol. The SMILES string of the molecule is CC(C)(C)OC(=O)c1ccccc1.[NaH]. The Morgan fingerprint density at radius 1 is 1.14 bits per heavy atom. The van der Waals surface area contributed by atoms with Gasteiger partial charge < -0.3 is 4.74 Å². The number of hydrogen-bond acceptors (Lipinski definition) is 2. The third-order valence-corrected chi connectivity index (χ3v) is 1.41. The third kappa shape index (κ3) is 4.80. The van der Waals surface area contributed by atoms with Crippen LogP contribution in [0.2, 0.25) is 0 Å². The normalized spacial score (nSPS) is 10.2. The van der Waals surface area contributed by atoms with E-state index in [-0.39, 0.29) is 35.5 Å². The van der Waals surface area contributed by atoms with E-state index in [0.717, 1.165) is 0 Å². The molecule has 0 radical (unpaired) electrons. The van der Waals surface area contributed by atoms with Gasteiger partial charge in [-0.1, -0.05) is 18.2 Å². The monoisotopic (exact) mass is 202 g/mol. The molecule has 1 aromatic rings. The zero-order chi connectivity index (χ0) is 9.90. The van der Waals surface area contributed by atoms with Gasteiger partial charge in [0.2, 0.25) is 0 Å². The van der Waals surface area contributed by atoms with Crippen LogP contribution in [0.5, 0.6) is 0 Å². The van der Waals surface area contributed by atoms with Crippen molar-refractivity contribution >= 4 is 35.5 Å². The number of esters is 1. The number of benzene rings is 1. The number of ether oxygens (including phenoxy) is 1. The number of hydrogen-bond donors (Lipinski definition) is 0. The molecule has 0 aliphatic carbocycles. The van der Waals surface area contributed by atoms with Gasteiger partial charge in [-0.05, 0) is 32.9 Å². The molecule has 0 atom stereocenters. The molecule has 0 saturated carbocycles. The van der Waals surface area contributed by atoms with Crippen LogP contribution in [0.25, 0.3) is 0 Å². The summed E-state index contributed by atoms with van der Waals surface area (Å²) in [5.74, 6) is -0.270. The maximum absolute atomic E-state index is 11.4. The first-order valence-corrected chi connectivity index (χ1v) is 4.27. The molecule has 1 rings (SSSR count). The van der Waals surface area contributed by atoms with Gasteiger partial charge in [0.05, 0.1) is 5.56 Å². The van der Waals surface area contributed by atoms with Crippen molar-refractivity contribution in [2.75, 3.05) is 0 Å². The third-order valence-electron chi connectivity index (χ3n) is 1.41. The van der Waals surface area contributed by atoms with Crippen LogP contribution in [-0.4, -0.2) is 41.1 Å². The first-order chi connectivity index (χ1) is 5.99. The van der Waals surface area contributed by atoms with Crippen molar-refractivity contribution in [3.05, 3.63) is 35.9 Å². The molecule has 0 heterocycles. The molecule has 1 aromatic carbocycles. The summed E-state index contributed by atoms with van der Waals surface area (Å²) in [5.41, 5.74) is 0.171. The van der Waals surface area contributed by atoms with Crippen molar-refractivity contribution in [3.8, 4) is 0 Å². The summed E-state index contributed by atoms with van der Waals surface area (Å²) in [6.45, 7) is 5.56. The van der Waals surface area contributed by atoms with Gasteiger partial charge in [0.1, 0.15) is 5.60 Å². The minimum absolute atomic E-state index is 0. The van der Waals surface area contributed by atoms with Crippen molar-refractivity contribution in [1.82, 2.24) is 0 Å². The van der Waals surface area contributed by atoms with E-state index in [9.17, 15) is 4.79 Å². The molecule has 0 fully saturated rings. The fraction of sp³-hybridized carbons (Fsp3) is 0.364. The molecule has 0 aromatic heterocycles. The predicted octanol–water partition coefficient (Wildman–Crippen LogP) is 1.99. The molecule has 0 aliphatic heterocycles. The van der Waals surface area contributed by atoms with Crippen LogP contribution < -0.4 is 0 Å². The fourth-order valence-electron chi connectivity index (χ4n) is 0.911. The van der Waals surface area contributed by atoms with E-state index in [1.807, 2.05) is 39.0 Å². The van der Waals surface area contributed by atoms with Gasteiger partial charge in [-0.2, -0.15) is 0 Å². The van der Waals surface area contributed by atoms with Crippen LogP contribution in [0.15, 0.2) is 30.3 Å². The van der Waals surface area contributed by atoms with E-state index in [0.29, 0.717) is 5.56 Å². The molecule has 0 unspecified atom stereocenters. The van der Waals surface area contributed by atoms with Gasteiger partial charge in [0.15, 0.2) is 0 Å². The molecule has 0 spiro atoms.